The van der Waals surface area contributed by atoms with Gasteiger partial charge in [0.1, 0.15) is 30.0 Å². The van der Waals surface area contributed by atoms with Gasteiger partial charge in [0.2, 0.25) is 0 Å². The van der Waals surface area contributed by atoms with E-state index in [1.54, 1.807) is 119 Å². The van der Waals surface area contributed by atoms with Gasteiger partial charge in [-0.3, -0.25) is 14.4 Å². The standard InChI is InChI=1S/C47H53NO13/c1-26-32(59-43(55)38(52)37(29-16-10-7-11-17-29)48-41(53)30-18-12-8-13-19-30)24-47(56)40(60-42(54)31-20-14-9-15-21-31)39-45(6,23-33(58-27(2)49)36(26)44(47,4)5)34(51)22-35-46(39,25-57-35)61-28(3)50/h7-21,32-35,37-40,51-52,56H,22-25H2,1-6H3,(H,48,53)/t32-,33-,34-,35+,37+,38+,39-,40-,45+,46-,47+/m0/s1. The van der Waals surface area contributed by atoms with Crippen molar-refractivity contribution in [3.8, 4) is 0 Å². The van der Waals surface area contributed by atoms with Gasteiger partial charge in [-0.1, -0.05) is 87.5 Å². The molecule has 61 heavy (non-hydrogen) atoms. The number of rotatable bonds is 10. The molecule has 2 saturated carbocycles. The molecule has 3 aromatic rings. The number of hydrogen-bond acceptors (Lipinski definition) is 13. The highest BCUT2D eigenvalue weighted by molar-refractivity contribution is 5.95. The molecule has 11 atom stereocenters. The molecule has 3 aliphatic carbocycles. The SMILES string of the molecule is CC(=O)O[C@H]1C[C@]2(C)[C@@H](O)C[C@H]3OC[C@@]3(OC(C)=O)[C@H]2[C@H](OC(=O)c2ccccc2)[C@]2(O)C[C@H](OC(=O)[C@H](O)[C@H](NC(=O)c3ccccc3)c3ccccc3)C(C)=C1C2(C)C. The average Bonchev–Trinajstić information content (AvgIpc) is 3.22. The van der Waals surface area contributed by atoms with E-state index in [-0.39, 0.29) is 25.0 Å². The molecule has 0 unspecified atom stereocenters. The first-order valence-corrected chi connectivity index (χ1v) is 20.5. The second kappa shape index (κ2) is 16.5. The van der Waals surface area contributed by atoms with Crippen LogP contribution in [0, 0.1) is 16.7 Å². The van der Waals surface area contributed by atoms with E-state index in [9.17, 15) is 39.3 Å². The van der Waals surface area contributed by atoms with Crippen molar-refractivity contribution < 1.29 is 63.0 Å². The van der Waals surface area contributed by atoms with Gasteiger partial charge in [0, 0.05) is 43.1 Å². The fraction of sp³-hybridized carbons (Fsp3) is 0.468. The number of benzene rings is 3. The Balaban J connectivity index is 1.36. The van der Waals surface area contributed by atoms with Crippen LogP contribution in [0.5, 0.6) is 0 Å². The van der Waals surface area contributed by atoms with E-state index in [4.69, 9.17) is 23.7 Å². The Hall–Kier alpha value is -5.41. The maximum absolute atomic E-state index is 14.3. The minimum atomic E-state index is -2.22. The number of carbonyl (C=O) groups excluding carboxylic acids is 5. The van der Waals surface area contributed by atoms with E-state index in [0.29, 0.717) is 22.3 Å². The summed E-state index contributed by atoms with van der Waals surface area (Å²) < 4.78 is 30.9. The van der Waals surface area contributed by atoms with Crippen molar-refractivity contribution in [3.63, 3.8) is 0 Å². The number of aliphatic hydroxyl groups is 3. The summed E-state index contributed by atoms with van der Waals surface area (Å²) in [6.45, 7) is 9.13. The first-order valence-electron chi connectivity index (χ1n) is 20.5. The molecule has 4 aliphatic rings. The monoisotopic (exact) mass is 839 g/mol. The van der Waals surface area contributed by atoms with Crippen molar-refractivity contribution in [1.29, 1.82) is 0 Å². The van der Waals surface area contributed by atoms with Crippen LogP contribution in [-0.4, -0.2) is 99.5 Å². The lowest BCUT2D eigenvalue weighted by Crippen LogP contribution is -2.80. The number of esters is 4. The van der Waals surface area contributed by atoms with E-state index < -0.39 is 107 Å². The van der Waals surface area contributed by atoms with E-state index in [1.165, 1.54) is 13.8 Å². The molecule has 0 aromatic heterocycles. The predicted molar refractivity (Wildman–Crippen MR) is 217 cm³/mol. The van der Waals surface area contributed by atoms with Gasteiger partial charge < -0.3 is 44.3 Å². The Morgan fingerprint density at radius 1 is 0.787 bits per heavy atom. The van der Waals surface area contributed by atoms with E-state index in [2.05, 4.69) is 5.32 Å². The number of aliphatic hydroxyl groups excluding tert-OH is 2. The molecule has 0 radical (unpaired) electrons. The summed E-state index contributed by atoms with van der Waals surface area (Å²) in [4.78, 5) is 68.0. The van der Waals surface area contributed by atoms with Crippen molar-refractivity contribution >= 4 is 29.8 Å². The smallest absolute Gasteiger partial charge is 0.338 e. The van der Waals surface area contributed by atoms with Crippen molar-refractivity contribution in [2.45, 2.75) is 115 Å². The van der Waals surface area contributed by atoms with Crippen LogP contribution in [0.1, 0.15) is 93.1 Å². The van der Waals surface area contributed by atoms with Crippen molar-refractivity contribution in [3.05, 3.63) is 119 Å². The second-order valence-corrected chi connectivity index (χ2v) is 17.5. The summed E-state index contributed by atoms with van der Waals surface area (Å²) in [5.74, 6) is -5.04. The zero-order valence-corrected chi connectivity index (χ0v) is 35.0. The summed E-state index contributed by atoms with van der Waals surface area (Å²) in [5, 5.41) is 40.4. The Morgan fingerprint density at radius 2 is 1.38 bits per heavy atom. The molecule has 14 nitrogen and oxygen atoms in total. The Labute approximate surface area is 354 Å². The molecule has 0 spiro atoms. The number of amides is 1. The van der Waals surface area contributed by atoms with E-state index in [0.717, 1.165) is 0 Å². The molecular formula is C47H53NO13. The van der Waals surface area contributed by atoms with Crippen LogP contribution < -0.4 is 5.32 Å². The van der Waals surface area contributed by atoms with Gasteiger partial charge in [-0.05, 0) is 54.3 Å². The molecule has 2 bridgehead atoms. The van der Waals surface area contributed by atoms with E-state index >= 15 is 0 Å². The number of ether oxygens (including phenoxy) is 5. The van der Waals surface area contributed by atoms with Crippen LogP contribution >= 0.6 is 0 Å². The summed E-state index contributed by atoms with van der Waals surface area (Å²) in [5.41, 5.74) is -4.95. The molecule has 3 aromatic carbocycles. The Kier molecular flexibility index (Phi) is 11.8. The molecular weight excluding hydrogens is 787 g/mol. The topological polar surface area (TPSA) is 204 Å². The van der Waals surface area contributed by atoms with Gasteiger partial charge in [0.15, 0.2) is 11.7 Å². The normalized spacial score (nSPS) is 32.1. The van der Waals surface area contributed by atoms with Crippen molar-refractivity contribution in [1.82, 2.24) is 5.32 Å². The van der Waals surface area contributed by atoms with Gasteiger partial charge in [-0.15, -0.1) is 0 Å². The van der Waals surface area contributed by atoms with Gasteiger partial charge in [0.05, 0.1) is 30.2 Å². The van der Waals surface area contributed by atoms with Crippen LogP contribution in [-0.2, 0) is 38.1 Å². The lowest BCUT2D eigenvalue weighted by Gasteiger charge is -2.68. The third kappa shape index (κ3) is 7.64. The van der Waals surface area contributed by atoms with E-state index in [1.807, 2.05) is 0 Å². The molecule has 1 saturated heterocycles. The highest BCUT2D eigenvalue weighted by atomic mass is 16.6. The van der Waals surface area contributed by atoms with Gasteiger partial charge in [-0.2, -0.15) is 0 Å². The Bertz CT molecular complexity index is 2190. The third-order valence-electron chi connectivity index (χ3n) is 13.6. The molecule has 3 fully saturated rings. The molecule has 1 amide bonds. The number of carbonyl (C=O) groups is 5. The molecule has 1 aliphatic heterocycles. The fourth-order valence-electron chi connectivity index (χ4n) is 10.5. The zero-order chi connectivity index (χ0) is 44.1. The highest BCUT2D eigenvalue weighted by Crippen LogP contribution is 2.65. The lowest BCUT2D eigenvalue weighted by atomic mass is 9.45. The summed E-state index contributed by atoms with van der Waals surface area (Å²) >= 11 is 0. The zero-order valence-electron chi connectivity index (χ0n) is 35.0. The summed E-state index contributed by atoms with van der Waals surface area (Å²) in [6.07, 6.45) is -8.58. The van der Waals surface area contributed by atoms with Crippen molar-refractivity contribution in [2.24, 2.45) is 16.7 Å². The van der Waals surface area contributed by atoms with Crippen LogP contribution in [0.2, 0.25) is 0 Å². The van der Waals surface area contributed by atoms with Gasteiger partial charge >= 0.3 is 23.9 Å². The maximum Gasteiger partial charge on any atom is 0.338 e. The van der Waals surface area contributed by atoms with Crippen LogP contribution in [0.25, 0.3) is 0 Å². The maximum atomic E-state index is 14.3. The first-order chi connectivity index (χ1) is 28.8. The molecule has 324 valence electrons. The third-order valence-corrected chi connectivity index (χ3v) is 13.6. The van der Waals surface area contributed by atoms with Crippen LogP contribution in [0.3, 0.4) is 0 Å². The minimum absolute atomic E-state index is 0.0216. The molecule has 4 N–H and O–H groups in total. The number of nitrogens with one attached hydrogen (secondary N) is 1. The molecule has 7 rings (SSSR count). The largest absolute Gasteiger partial charge is 0.458 e. The Morgan fingerprint density at radius 3 is 1.93 bits per heavy atom. The summed E-state index contributed by atoms with van der Waals surface area (Å²) in [6, 6.07) is 23.6. The summed E-state index contributed by atoms with van der Waals surface area (Å²) in [7, 11) is 0. The van der Waals surface area contributed by atoms with Gasteiger partial charge in [-0.25, -0.2) is 9.59 Å². The fourth-order valence-corrected chi connectivity index (χ4v) is 10.5. The minimum Gasteiger partial charge on any atom is -0.458 e. The number of hydrogen-bond donors (Lipinski definition) is 4. The van der Waals surface area contributed by atoms with Gasteiger partial charge in [0.25, 0.3) is 5.91 Å². The second-order valence-electron chi connectivity index (χ2n) is 17.5. The lowest BCUT2D eigenvalue weighted by molar-refractivity contribution is -0.354. The predicted octanol–water partition coefficient (Wildman–Crippen LogP) is 4.56. The molecule has 1 heterocycles. The first kappa shape index (κ1) is 43.7. The average molecular weight is 840 g/mol. The van der Waals surface area contributed by atoms with Crippen LogP contribution in [0.15, 0.2) is 102 Å². The quantitative estimate of drug-likeness (QED) is 0.126. The van der Waals surface area contributed by atoms with Crippen molar-refractivity contribution in [2.75, 3.05) is 6.61 Å². The number of fused-ring (bicyclic) bond motifs is 5. The molecule has 14 heteroatoms. The van der Waals surface area contributed by atoms with Crippen LogP contribution in [0.4, 0.5) is 0 Å². The highest BCUT2D eigenvalue weighted by Gasteiger charge is 2.76.